The Labute approximate surface area is 137 Å². The normalized spacial score (nSPS) is 10.9. The van der Waals surface area contributed by atoms with Crippen LogP contribution < -0.4 is 5.43 Å². The molecule has 5 nitrogen and oxygen atoms in total. The average Bonchev–Trinajstić information content (AvgIpc) is 3.04. The molecule has 0 aliphatic heterocycles. The van der Waals surface area contributed by atoms with Crippen molar-refractivity contribution in [3.05, 3.63) is 77.6 Å². The summed E-state index contributed by atoms with van der Waals surface area (Å²) in [4.78, 5) is 15.9. The molecule has 3 aromatic rings. The van der Waals surface area contributed by atoms with E-state index in [0.29, 0.717) is 22.6 Å². The van der Waals surface area contributed by atoms with Crippen molar-refractivity contribution in [3.8, 4) is 11.3 Å². The van der Waals surface area contributed by atoms with Gasteiger partial charge >= 0.3 is 0 Å². The van der Waals surface area contributed by atoms with Gasteiger partial charge in [0, 0.05) is 11.9 Å². The van der Waals surface area contributed by atoms with Gasteiger partial charge in [-0.15, -0.1) is 0 Å². The van der Waals surface area contributed by atoms with Gasteiger partial charge in [0.2, 0.25) is 0 Å². The predicted molar refractivity (Wildman–Crippen MR) is 88.1 cm³/mol. The van der Waals surface area contributed by atoms with Crippen LogP contribution in [0.2, 0.25) is 0 Å². The summed E-state index contributed by atoms with van der Waals surface area (Å²) in [6, 6.07) is 13.0. The van der Waals surface area contributed by atoms with E-state index in [1.165, 1.54) is 18.5 Å². The van der Waals surface area contributed by atoms with Crippen molar-refractivity contribution in [1.29, 1.82) is 0 Å². The first-order valence-corrected chi connectivity index (χ1v) is 7.24. The van der Waals surface area contributed by atoms with Crippen molar-refractivity contribution in [2.45, 2.75) is 6.92 Å². The second kappa shape index (κ2) is 6.87. The molecule has 1 N–H and O–H groups in total. The number of pyridine rings is 1. The van der Waals surface area contributed by atoms with Gasteiger partial charge in [0.15, 0.2) is 0 Å². The lowest BCUT2D eigenvalue weighted by Gasteiger charge is -1.99. The van der Waals surface area contributed by atoms with E-state index in [4.69, 9.17) is 4.42 Å². The van der Waals surface area contributed by atoms with Gasteiger partial charge in [0.1, 0.15) is 17.3 Å². The molecule has 0 saturated heterocycles. The Hall–Kier alpha value is -3.28. The molecule has 0 atom stereocenters. The minimum atomic E-state index is -0.375. The Morgan fingerprint density at radius 2 is 2.04 bits per heavy atom. The number of aromatic nitrogens is 1. The third kappa shape index (κ3) is 3.55. The molecule has 0 aliphatic rings. The van der Waals surface area contributed by atoms with E-state index < -0.39 is 0 Å². The van der Waals surface area contributed by atoms with Gasteiger partial charge in [0.05, 0.1) is 17.3 Å². The molecule has 0 fully saturated rings. The third-order valence-electron chi connectivity index (χ3n) is 3.30. The first-order valence-electron chi connectivity index (χ1n) is 7.24. The van der Waals surface area contributed by atoms with Crippen LogP contribution in [0.25, 0.3) is 11.3 Å². The molecule has 6 heteroatoms. The number of amides is 1. The quantitative estimate of drug-likeness (QED) is 0.590. The maximum atomic E-state index is 13.7. The maximum Gasteiger partial charge on any atom is 0.272 e. The second-order valence-corrected chi connectivity index (χ2v) is 5.07. The zero-order valence-corrected chi connectivity index (χ0v) is 12.9. The molecule has 3 rings (SSSR count). The number of aryl methyl sites for hydroxylation is 1. The van der Waals surface area contributed by atoms with E-state index in [-0.39, 0.29) is 11.7 Å². The van der Waals surface area contributed by atoms with E-state index in [9.17, 15) is 9.18 Å². The molecule has 1 aromatic carbocycles. The van der Waals surface area contributed by atoms with Crippen LogP contribution in [-0.4, -0.2) is 17.1 Å². The van der Waals surface area contributed by atoms with Gasteiger partial charge < -0.3 is 4.42 Å². The van der Waals surface area contributed by atoms with E-state index in [2.05, 4.69) is 15.5 Å². The van der Waals surface area contributed by atoms with Crippen molar-refractivity contribution < 1.29 is 13.6 Å². The average molecular weight is 323 g/mol. The van der Waals surface area contributed by atoms with E-state index in [1.807, 2.05) is 6.92 Å². The standard InChI is InChI=1S/C18H14FN3O2/c1-12-6-7-13(10-20-12)18(23)22-21-11-14-8-9-17(24-14)15-4-2-3-5-16(15)19/h2-11H,1H3,(H,22,23)/b21-11-. The third-order valence-corrected chi connectivity index (χ3v) is 3.30. The summed E-state index contributed by atoms with van der Waals surface area (Å²) in [5, 5.41) is 3.83. The zero-order valence-electron chi connectivity index (χ0n) is 12.9. The molecule has 0 radical (unpaired) electrons. The van der Waals surface area contributed by atoms with Crippen LogP contribution >= 0.6 is 0 Å². The number of carbonyl (C=O) groups excluding carboxylic acids is 1. The molecule has 1 amide bonds. The number of nitrogens with one attached hydrogen (secondary N) is 1. The van der Waals surface area contributed by atoms with Gasteiger partial charge in [-0.3, -0.25) is 9.78 Å². The fourth-order valence-electron chi connectivity index (χ4n) is 2.05. The van der Waals surface area contributed by atoms with Crippen LogP contribution in [-0.2, 0) is 0 Å². The monoisotopic (exact) mass is 323 g/mol. The Kier molecular flexibility index (Phi) is 4.47. The second-order valence-electron chi connectivity index (χ2n) is 5.07. The number of carbonyl (C=O) groups is 1. The van der Waals surface area contributed by atoms with Crippen LogP contribution in [0.4, 0.5) is 4.39 Å². The highest BCUT2D eigenvalue weighted by Gasteiger charge is 2.08. The summed E-state index contributed by atoms with van der Waals surface area (Å²) in [6.45, 7) is 1.84. The molecule has 24 heavy (non-hydrogen) atoms. The molecule has 0 saturated carbocycles. The summed E-state index contributed by atoms with van der Waals surface area (Å²) in [7, 11) is 0. The van der Waals surface area contributed by atoms with Crippen molar-refractivity contribution >= 4 is 12.1 Å². The highest BCUT2D eigenvalue weighted by atomic mass is 19.1. The summed E-state index contributed by atoms with van der Waals surface area (Å²) in [6.07, 6.45) is 2.83. The number of furan rings is 1. The molecule has 0 spiro atoms. The van der Waals surface area contributed by atoms with Crippen LogP contribution in [0.1, 0.15) is 21.8 Å². The first-order chi connectivity index (χ1) is 11.6. The minimum Gasteiger partial charge on any atom is -0.455 e. The first kappa shape index (κ1) is 15.6. The van der Waals surface area contributed by atoms with Crippen molar-refractivity contribution in [2.24, 2.45) is 5.10 Å². The minimum absolute atomic E-state index is 0.365. The number of halogens is 1. The molecule has 120 valence electrons. The van der Waals surface area contributed by atoms with Crippen LogP contribution in [0.5, 0.6) is 0 Å². The van der Waals surface area contributed by atoms with Crippen LogP contribution in [0.15, 0.2) is 64.2 Å². The highest BCUT2D eigenvalue weighted by molar-refractivity contribution is 5.94. The van der Waals surface area contributed by atoms with E-state index in [1.54, 1.807) is 42.5 Å². The number of nitrogens with zero attached hydrogens (tertiary/aromatic N) is 2. The van der Waals surface area contributed by atoms with Gasteiger partial charge in [-0.2, -0.15) is 5.10 Å². The topological polar surface area (TPSA) is 67.5 Å². The summed E-state index contributed by atoms with van der Waals surface area (Å²) < 4.78 is 19.2. The zero-order chi connectivity index (χ0) is 16.9. The van der Waals surface area contributed by atoms with E-state index >= 15 is 0 Å². The van der Waals surface area contributed by atoms with Crippen molar-refractivity contribution in [1.82, 2.24) is 10.4 Å². The Balaban J connectivity index is 1.66. The van der Waals surface area contributed by atoms with E-state index in [0.717, 1.165) is 5.69 Å². The molecule has 0 aliphatic carbocycles. The predicted octanol–water partition coefficient (Wildman–Crippen LogP) is 3.55. The molecule has 0 bridgehead atoms. The Bertz CT molecular complexity index is 885. The molecular weight excluding hydrogens is 309 g/mol. The number of hydrogen-bond donors (Lipinski definition) is 1. The summed E-state index contributed by atoms with van der Waals surface area (Å²) in [5.74, 6) is 0.0503. The lowest BCUT2D eigenvalue weighted by Crippen LogP contribution is -2.17. The van der Waals surface area contributed by atoms with Crippen molar-refractivity contribution in [3.63, 3.8) is 0 Å². The lowest BCUT2D eigenvalue weighted by molar-refractivity contribution is 0.0954. The lowest BCUT2D eigenvalue weighted by atomic mass is 10.1. The number of hydrogen-bond acceptors (Lipinski definition) is 4. The summed E-state index contributed by atoms with van der Waals surface area (Å²) in [5.41, 5.74) is 3.98. The molecule has 2 aromatic heterocycles. The van der Waals surface area contributed by atoms with Crippen LogP contribution in [0.3, 0.4) is 0 Å². The highest BCUT2D eigenvalue weighted by Crippen LogP contribution is 2.24. The smallest absolute Gasteiger partial charge is 0.272 e. The van der Waals surface area contributed by atoms with Crippen molar-refractivity contribution in [2.75, 3.05) is 0 Å². The van der Waals surface area contributed by atoms with Gasteiger partial charge in [-0.1, -0.05) is 12.1 Å². The number of hydrazone groups is 1. The molecular formula is C18H14FN3O2. The Morgan fingerprint density at radius 1 is 1.21 bits per heavy atom. The largest absolute Gasteiger partial charge is 0.455 e. The fourth-order valence-corrected chi connectivity index (χ4v) is 2.05. The van der Waals surface area contributed by atoms with Gasteiger partial charge in [-0.25, -0.2) is 9.82 Å². The molecule has 2 heterocycles. The van der Waals surface area contributed by atoms with Crippen LogP contribution in [0, 0.1) is 12.7 Å². The number of rotatable bonds is 4. The fraction of sp³-hybridized carbons (Fsp3) is 0.0556. The Morgan fingerprint density at radius 3 is 2.79 bits per heavy atom. The van der Waals surface area contributed by atoms with Gasteiger partial charge in [-0.05, 0) is 43.3 Å². The summed E-state index contributed by atoms with van der Waals surface area (Å²) >= 11 is 0. The number of benzene rings is 1. The molecule has 0 unspecified atom stereocenters. The maximum absolute atomic E-state index is 13.7. The van der Waals surface area contributed by atoms with Gasteiger partial charge in [0.25, 0.3) is 5.91 Å². The SMILES string of the molecule is Cc1ccc(C(=O)N/N=C\c2ccc(-c3ccccc3F)o2)cn1.